The normalized spacial score (nSPS) is 19.9. The van der Waals surface area contributed by atoms with E-state index in [1.807, 2.05) is 36.9 Å². The Morgan fingerprint density at radius 2 is 2.19 bits per heavy atom. The van der Waals surface area contributed by atoms with Gasteiger partial charge in [0.05, 0.1) is 5.41 Å². The van der Waals surface area contributed by atoms with Gasteiger partial charge >= 0.3 is 6.03 Å². The van der Waals surface area contributed by atoms with Gasteiger partial charge in [-0.25, -0.2) is 4.79 Å². The summed E-state index contributed by atoms with van der Waals surface area (Å²) in [6, 6.07) is 5.97. The van der Waals surface area contributed by atoms with Gasteiger partial charge in [-0.1, -0.05) is 17.3 Å². The van der Waals surface area contributed by atoms with E-state index in [2.05, 4.69) is 15.5 Å². The number of likely N-dealkylation sites (tertiary alicyclic amines) is 1. The highest BCUT2D eigenvalue weighted by molar-refractivity contribution is 5.90. The number of nitrogens with one attached hydrogen (secondary N) is 1. The first-order valence-corrected chi connectivity index (χ1v) is 9.36. The van der Waals surface area contributed by atoms with E-state index in [0.29, 0.717) is 31.4 Å². The Hall–Kier alpha value is -2.41. The molecule has 1 aliphatic heterocycles. The van der Waals surface area contributed by atoms with E-state index in [0.717, 1.165) is 36.1 Å². The van der Waals surface area contributed by atoms with Crippen LogP contribution in [0.5, 0.6) is 0 Å². The van der Waals surface area contributed by atoms with E-state index in [1.54, 1.807) is 14.0 Å². The molecule has 0 saturated carbocycles. The molecule has 1 aromatic carbocycles. The summed E-state index contributed by atoms with van der Waals surface area (Å²) in [6.07, 6.45) is 2.54. The summed E-state index contributed by atoms with van der Waals surface area (Å²) in [4.78, 5) is 19.3. The van der Waals surface area contributed by atoms with Crippen LogP contribution in [-0.2, 0) is 10.2 Å². The Balaban J connectivity index is 1.80. The van der Waals surface area contributed by atoms with Crippen LogP contribution < -0.4 is 5.32 Å². The first-order chi connectivity index (χ1) is 12.9. The van der Waals surface area contributed by atoms with Crippen LogP contribution in [0.25, 0.3) is 0 Å². The van der Waals surface area contributed by atoms with E-state index in [9.17, 15) is 4.79 Å². The molecule has 1 aliphatic rings. The number of piperidine rings is 1. The number of aromatic nitrogens is 2. The molecule has 7 nitrogen and oxygen atoms in total. The molecule has 27 heavy (non-hydrogen) atoms. The van der Waals surface area contributed by atoms with Crippen molar-refractivity contribution in [2.75, 3.05) is 32.1 Å². The summed E-state index contributed by atoms with van der Waals surface area (Å²) < 4.78 is 10.5. The highest BCUT2D eigenvalue weighted by atomic mass is 16.5. The predicted molar refractivity (Wildman–Crippen MR) is 103 cm³/mol. The number of hydrogen-bond donors (Lipinski definition) is 1. The van der Waals surface area contributed by atoms with Gasteiger partial charge in [0.2, 0.25) is 5.89 Å². The van der Waals surface area contributed by atoms with Crippen molar-refractivity contribution in [2.24, 2.45) is 0 Å². The summed E-state index contributed by atoms with van der Waals surface area (Å²) >= 11 is 0. The monoisotopic (exact) mass is 372 g/mol. The van der Waals surface area contributed by atoms with E-state index in [4.69, 9.17) is 9.26 Å². The molecule has 1 N–H and O–H groups in total. The Morgan fingerprint density at radius 3 is 2.89 bits per heavy atom. The number of nitrogens with zero attached hydrogens (tertiary/aromatic N) is 3. The predicted octanol–water partition coefficient (Wildman–Crippen LogP) is 3.60. The van der Waals surface area contributed by atoms with Crippen molar-refractivity contribution >= 4 is 11.7 Å². The minimum atomic E-state index is -0.342. The Kier molecular flexibility index (Phi) is 5.79. The standard InChI is InChI=1S/C20H28N4O3/c1-14-6-7-15(2)17(12-14)22-19(25)24-10-5-8-20(13-24,9-11-26-4)18-21-16(3)27-23-18/h6-7,12H,5,8-11,13H2,1-4H3,(H,22,25). The van der Waals surface area contributed by atoms with E-state index >= 15 is 0 Å². The number of aryl methyl sites for hydroxylation is 3. The second kappa shape index (κ2) is 8.08. The zero-order valence-corrected chi connectivity index (χ0v) is 16.5. The fourth-order valence-electron chi connectivity index (χ4n) is 3.68. The van der Waals surface area contributed by atoms with Gasteiger partial charge in [0.25, 0.3) is 0 Å². The van der Waals surface area contributed by atoms with Crippen LogP contribution in [0.4, 0.5) is 10.5 Å². The van der Waals surface area contributed by atoms with Crippen LogP contribution in [0.15, 0.2) is 22.7 Å². The Morgan fingerprint density at radius 1 is 1.37 bits per heavy atom. The third-order valence-corrected chi connectivity index (χ3v) is 5.29. The number of carbonyl (C=O) groups is 1. The first-order valence-electron chi connectivity index (χ1n) is 9.36. The van der Waals surface area contributed by atoms with Gasteiger partial charge < -0.3 is 19.5 Å². The molecule has 0 bridgehead atoms. The lowest BCUT2D eigenvalue weighted by atomic mass is 9.76. The summed E-state index contributed by atoms with van der Waals surface area (Å²) in [5.41, 5.74) is 2.67. The van der Waals surface area contributed by atoms with Crippen LogP contribution in [0, 0.1) is 20.8 Å². The molecule has 1 saturated heterocycles. The highest BCUT2D eigenvalue weighted by Crippen LogP contribution is 2.36. The van der Waals surface area contributed by atoms with Gasteiger partial charge in [-0.15, -0.1) is 0 Å². The summed E-state index contributed by atoms with van der Waals surface area (Å²) in [7, 11) is 1.68. The maximum atomic E-state index is 12.9. The van der Waals surface area contributed by atoms with E-state index in [1.165, 1.54) is 0 Å². The molecule has 1 unspecified atom stereocenters. The minimum Gasteiger partial charge on any atom is -0.385 e. The largest absolute Gasteiger partial charge is 0.385 e. The van der Waals surface area contributed by atoms with Crippen LogP contribution in [0.1, 0.15) is 42.1 Å². The SMILES string of the molecule is COCCC1(c2noc(C)n2)CCCN(C(=O)Nc2cc(C)ccc2C)C1. The molecule has 1 fully saturated rings. The molecule has 1 aromatic heterocycles. The molecule has 1 atom stereocenters. The van der Waals surface area contributed by atoms with Crippen molar-refractivity contribution < 1.29 is 14.1 Å². The number of rotatable bonds is 5. The van der Waals surface area contributed by atoms with E-state index in [-0.39, 0.29) is 11.4 Å². The van der Waals surface area contributed by atoms with Crippen molar-refractivity contribution in [1.82, 2.24) is 15.0 Å². The zero-order chi connectivity index (χ0) is 19.4. The lowest BCUT2D eigenvalue weighted by Crippen LogP contribution is -2.50. The van der Waals surface area contributed by atoms with Crippen LogP contribution in [-0.4, -0.2) is 47.9 Å². The molecule has 2 amide bonds. The van der Waals surface area contributed by atoms with Crippen LogP contribution in [0.2, 0.25) is 0 Å². The minimum absolute atomic E-state index is 0.0922. The average Bonchev–Trinajstić information content (AvgIpc) is 3.10. The molecule has 2 aromatic rings. The van der Waals surface area contributed by atoms with Crippen molar-refractivity contribution in [3.8, 4) is 0 Å². The molecule has 0 aliphatic carbocycles. The topological polar surface area (TPSA) is 80.5 Å². The van der Waals surface area contributed by atoms with Crippen molar-refractivity contribution in [1.29, 1.82) is 0 Å². The molecular weight excluding hydrogens is 344 g/mol. The fourth-order valence-corrected chi connectivity index (χ4v) is 3.68. The average molecular weight is 372 g/mol. The zero-order valence-electron chi connectivity index (χ0n) is 16.5. The molecule has 0 radical (unpaired) electrons. The fraction of sp³-hybridized carbons (Fsp3) is 0.550. The van der Waals surface area contributed by atoms with Crippen LogP contribution in [0.3, 0.4) is 0 Å². The van der Waals surface area contributed by atoms with E-state index < -0.39 is 0 Å². The molecule has 3 rings (SSSR count). The summed E-state index contributed by atoms with van der Waals surface area (Å²) in [5, 5.41) is 7.23. The van der Waals surface area contributed by atoms with Gasteiger partial charge in [-0.05, 0) is 50.3 Å². The number of urea groups is 1. The van der Waals surface area contributed by atoms with Gasteiger partial charge in [0.15, 0.2) is 5.82 Å². The summed E-state index contributed by atoms with van der Waals surface area (Å²) in [6.45, 7) is 7.64. The lowest BCUT2D eigenvalue weighted by Gasteiger charge is -2.40. The number of benzene rings is 1. The first kappa shape index (κ1) is 19.4. The number of anilines is 1. The van der Waals surface area contributed by atoms with Gasteiger partial charge in [-0.3, -0.25) is 0 Å². The van der Waals surface area contributed by atoms with Gasteiger partial charge in [-0.2, -0.15) is 4.98 Å². The van der Waals surface area contributed by atoms with Crippen molar-refractivity contribution in [3.05, 3.63) is 41.0 Å². The summed E-state index contributed by atoms with van der Waals surface area (Å²) in [5.74, 6) is 1.21. The second-order valence-corrected chi connectivity index (χ2v) is 7.43. The Bertz CT molecular complexity index is 804. The molecule has 2 heterocycles. The quantitative estimate of drug-likeness (QED) is 0.867. The van der Waals surface area contributed by atoms with Crippen LogP contribution >= 0.6 is 0 Å². The molecular formula is C20H28N4O3. The molecule has 7 heteroatoms. The number of hydrogen-bond acceptors (Lipinski definition) is 5. The molecule has 0 spiro atoms. The third-order valence-electron chi connectivity index (χ3n) is 5.29. The van der Waals surface area contributed by atoms with Gasteiger partial charge in [0.1, 0.15) is 0 Å². The highest BCUT2D eigenvalue weighted by Gasteiger charge is 2.42. The maximum absolute atomic E-state index is 12.9. The van der Waals surface area contributed by atoms with Crippen molar-refractivity contribution in [3.63, 3.8) is 0 Å². The number of ether oxygens (including phenoxy) is 1. The maximum Gasteiger partial charge on any atom is 0.321 e. The Labute approximate surface area is 160 Å². The van der Waals surface area contributed by atoms with Crippen molar-refractivity contribution in [2.45, 2.75) is 45.4 Å². The van der Waals surface area contributed by atoms with Gasteiger partial charge in [0, 0.05) is 39.4 Å². The number of amides is 2. The second-order valence-electron chi connectivity index (χ2n) is 7.43. The third kappa shape index (κ3) is 4.30. The molecule has 146 valence electrons. The number of carbonyl (C=O) groups excluding carboxylic acids is 1. The smallest absolute Gasteiger partial charge is 0.321 e. The lowest BCUT2D eigenvalue weighted by molar-refractivity contribution is 0.111. The number of methoxy groups -OCH3 is 1.